The van der Waals surface area contributed by atoms with Gasteiger partial charge in [0.15, 0.2) is 0 Å². The van der Waals surface area contributed by atoms with Crippen LogP contribution in [0.1, 0.15) is 46.0 Å². The highest BCUT2D eigenvalue weighted by Crippen LogP contribution is 2.09. The molecule has 0 bridgehead atoms. The topological polar surface area (TPSA) is 89.3 Å². The molecule has 0 saturated heterocycles. The van der Waals surface area contributed by atoms with E-state index < -0.39 is 6.09 Å². The van der Waals surface area contributed by atoms with Crippen LogP contribution in [0, 0.1) is 0 Å². The summed E-state index contributed by atoms with van der Waals surface area (Å²) in [5.41, 5.74) is 9.78. The number of carbonyl (C=O) groups is 1. The second-order valence-electron chi connectivity index (χ2n) is 3.09. The Balaban J connectivity index is 0. The van der Waals surface area contributed by atoms with E-state index in [1.54, 1.807) is 0 Å². The molecule has 0 aromatic heterocycles. The number of nitrogens with two attached hydrogens (primary N) is 2. The van der Waals surface area contributed by atoms with Gasteiger partial charge in [-0.2, -0.15) is 0 Å². The standard InChI is InChI=1S/C8H15N.C2H6.CH3NO2/c9-8-6-4-2-1-3-5-7-8;1-2;2-1(3)4/h2,4,8H,1,3,5-7,9H2;1-2H3;2H2,(H,3,4)/b4-2+;;/t8-;;/m1../s1. The quantitative estimate of drug-likeness (QED) is 0.543. The molecular weight excluding hydrogens is 192 g/mol. The molecule has 4 heteroatoms. The molecule has 15 heavy (non-hydrogen) atoms. The smallest absolute Gasteiger partial charge is 0.402 e. The molecule has 5 N–H and O–H groups in total. The van der Waals surface area contributed by atoms with Crippen LogP contribution >= 0.6 is 0 Å². The summed E-state index contributed by atoms with van der Waals surface area (Å²) >= 11 is 0. The second-order valence-corrected chi connectivity index (χ2v) is 3.09. The molecule has 0 unspecified atom stereocenters. The molecule has 0 aromatic carbocycles. The van der Waals surface area contributed by atoms with Gasteiger partial charge in [-0.05, 0) is 25.7 Å². The minimum absolute atomic E-state index is 0.432. The predicted octanol–water partition coefficient (Wildman–Crippen LogP) is 2.48. The molecule has 0 heterocycles. The molecule has 0 radical (unpaired) electrons. The van der Waals surface area contributed by atoms with Gasteiger partial charge < -0.3 is 16.6 Å². The summed E-state index contributed by atoms with van der Waals surface area (Å²) in [4.78, 5) is 8.78. The van der Waals surface area contributed by atoms with Crippen molar-refractivity contribution in [3.8, 4) is 0 Å². The largest absolute Gasteiger partial charge is 0.465 e. The van der Waals surface area contributed by atoms with Gasteiger partial charge in [0.05, 0.1) is 0 Å². The SMILES string of the molecule is CC.NC(=O)O.N[C@@H]1C/C=C/CCCC1. The highest BCUT2D eigenvalue weighted by molar-refractivity contribution is 5.61. The van der Waals surface area contributed by atoms with E-state index in [4.69, 9.17) is 15.6 Å². The van der Waals surface area contributed by atoms with Crippen LogP contribution in [0.5, 0.6) is 0 Å². The molecule has 90 valence electrons. The van der Waals surface area contributed by atoms with Crippen LogP contribution in [0.2, 0.25) is 0 Å². The van der Waals surface area contributed by atoms with Gasteiger partial charge in [0.1, 0.15) is 0 Å². The van der Waals surface area contributed by atoms with E-state index in [2.05, 4.69) is 17.9 Å². The summed E-state index contributed by atoms with van der Waals surface area (Å²) in [7, 11) is 0. The predicted molar refractivity (Wildman–Crippen MR) is 63.8 cm³/mol. The Morgan fingerprint density at radius 1 is 1.33 bits per heavy atom. The lowest BCUT2D eigenvalue weighted by molar-refractivity contribution is 0.205. The monoisotopic (exact) mass is 216 g/mol. The van der Waals surface area contributed by atoms with Crippen LogP contribution in [0.3, 0.4) is 0 Å². The van der Waals surface area contributed by atoms with E-state index in [0.717, 1.165) is 6.42 Å². The Kier molecular flexibility index (Phi) is 14.2. The molecule has 0 fully saturated rings. The first-order valence-corrected chi connectivity index (χ1v) is 5.52. The first-order valence-electron chi connectivity index (χ1n) is 5.52. The number of rotatable bonds is 0. The minimum atomic E-state index is -1.33. The van der Waals surface area contributed by atoms with E-state index in [0.29, 0.717) is 6.04 Å². The number of carboxylic acid groups (broad SMARTS) is 1. The summed E-state index contributed by atoms with van der Waals surface area (Å²) in [6.07, 6.45) is 9.32. The van der Waals surface area contributed by atoms with Crippen molar-refractivity contribution in [1.82, 2.24) is 0 Å². The Labute approximate surface area is 92.3 Å². The minimum Gasteiger partial charge on any atom is -0.465 e. The molecule has 1 aliphatic carbocycles. The van der Waals surface area contributed by atoms with Crippen LogP contribution in [0.25, 0.3) is 0 Å². The zero-order chi connectivity index (χ0) is 12.1. The Morgan fingerprint density at radius 3 is 2.40 bits per heavy atom. The first kappa shape index (κ1) is 16.4. The maximum Gasteiger partial charge on any atom is 0.402 e. The van der Waals surface area contributed by atoms with Crippen molar-refractivity contribution in [2.75, 3.05) is 0 Å². The molecule has 0 spiro atoms. The van der Waals surface area contributed by atoms with Crippen molar-refractivity contribution in [1.29, 1.82) is 0 Å². The number of primary amides is 1. The summed E-state index contributed by atoms with van der Waals surface area (Å²) in [5, 5.41) is 7.19. The Hall–Kier alpha value is -1.03. The van der Waals surface area contributed by atoms with E-state index >= 15 is 0 Å². The summed E-state index contributed by atoms with van der Waals surface area (Å²) in [5.74, 6) is 0. The average Bonchev–Trinajstić information content (AvgIpc) is 2.14. The zero-order valence-corrected chi connectivity index (χ0v) is 9.78. The van der Waals surface area contributed by atoms with Crippen LogP contribution in [-0.2, 0) is 0 Å². The highest BCUT2D eigenvalue weighted by Gasteiger charge is 2.00. The lowest BCUT2D eigenvalue weighted by Gasteiger charge is -2.09. The van der Waals surface area contributed by atoms with Gasteiger partial charge in [0.2, 0.25) is 0 Å². The van der Waals surface area contributed by atoms with E-state index in [9.17, 15) is 0 Å². The fraction of sp³-hybridized carbons (Fsp3) is 0.727. The van der Waals surface area contributed by atoms with Gasteiger partial charge >= 0.3 is 6.09 Å². The average molecular weight is 216 g/mol. The fourth-order valence-electron chi connectivity index (χ4n) is 1.18. The Bertz CT molecular complexity index is 166. The van der Waals surface area contributed by atoms with Gasteiger partial charge in [0, 0.05) is 6.04 Å². The van der Waals surface area contributed by atoms with E-state index in [-0.39, 0.29) is 0 Å². The normalized spacial score (nSPS) is 21.7. The fourth-order valence-corrected chi connectivity index (χ4v) is 1.18. The maximum atomic E-state index is 8.78. The van der Waals surface area contributed by atoms with Crippen molar-refractivity contribution in [3.63, 3.8) is 0 Å². The summed E-state index contributed by atoms with van der Waals surface area (Å²) in [6.45, 7) is 4.00. The van der Waals surface area contributed by atoms with Crippen molar-refractivity contribution < 1.29 is 9.90 Å². The number of allylic oxidation sites excluding steroid dienone is 1. The lowest BCUT2D eigenvalue weighted by Crippen LogP contribution is -2.18. The molecule has 1 aliphatic rings. The van der Waals surface area contributed by atoms with Crippen LogP contribution in [-0.4, -0.2) is 17.2 Å². The van der Waals surface area contributed by atoms with Gasteiger partial charge in [-0.3, -0.25) is 0 Å². The molecule has 4 nitrogen and oxygen atoms in total. The molecular formula is C11H24N2O2. The van der Waals surface area contributed by atoms with Crippen molar-refractivity contribution in [3.05, 3.63) is 12.2 Å². The molecule has 0 aliphatic heterocycles. The van der Waals surface area contributed by atoms with Gasteiger partial charge in [-0.1, -0.05) is 32.4 Å². The molecule has 1 amide bonds. The highest BCUT2D eigenvalue weighted by atomic mass is 16.4. The van der Waals surface area contributed by atoms with Crippen molar-refractivity contribution >= 4 is 6.09 Å². The first-order chi connectivity index (χ1) is 7.13. The maximum absolute atomic E-state index is 8.78. The summed E-state index contributed by atoms with van der Waals surface area (Å²) in [6, 6.07) is 0.432. The number of hydrogen-bond acceptors (Lipinski definition) is 2. The molecule has 1 atom stereocenters. The zero-order valence-electron chi connectivity index (χ0n) is 9.78. The van der Waals surface area contributed by atoms with Gasteiger partial charge in [-0.25, -0.2) is 4.79 Å². The third-order valence-corrected chi connectivity index (χ3v) is 1.80. The van der Waals surface area contributed by atoms with Crippen LogP contribution in [0.4, 0.5) is 4.79 Å². The molecule has 0 saturated carbocycles. The van der Waals surface area contributed by atoms with Crippen molar-refractivity contribution in [2.24, 2.45) is 11.5 Å². The summed E-state index contributed by atoms with van der Waals surface area (Å²) < 4.78 is 0. The molecule has 1 rings (SSSR count). The van der Waals surface area contributed by atoms with Crippen LogP contribution < -0.4 is 11.5 Å². The van der Waals surface area contributed by atoms with Crippen LogP contribution in [0.15, 0.2) is 12.2 Å². The van der Waals surface area contributed by atoms with Gasteiger partial charge in [0.25, 0.3) is 0 Å². The third kappa shape index (κ3) is 19.4. The van der Waals surface area contributed by atoms with E-state index in [1.807, 2.05) is 13.8 Å². The number of hydrogen-bond donors (Lipinski definition) is 3. The van der Waals surface area contributed by atoms with Crippen molar-refractivity contribution in [2.45, 2.75) is 52.0 Å². The third-order valence-electron chi connectivity index (χ3n) is 1.80. The van der Waals surface area contributed by atoms with E-state index in [1.165, 1.54) is 25.7 Å². The Morgan fingerprint density at radius 2 is 1.87 bits per heavy atom. The lowest BCUT2D eigenvalue weighted by atomic mass is 10.0. The molecule has 0 aromatic rings. The van der Waals surface area contributed by atoms with Gasteiger partial charge in [-0.15, -0.1) is 0 Å². The number of amides is 1. The second kappa shape index (κ2) is 13.0.